The standard InChI is InChI=1S/C45H52N6O7/c1-44(2,3)57-42(55)46-33-17-11-13-29(25-33)27-50-37-19-9-7-15-31(37)21-23-35(39(50)52)48-41(54)49-36-24-22-32-16-8-10-20-38(32)51(40(36)53)28-30-14-12-18-34(26-30)47-43(56)58-45(4,5)6/h7-20,25-26,35-36H,21-24,27-28H2,1-6H3,(H,46,55)(H,47,56)(H2,48,49,54). The first-order chi connectivity index (χ1) is 27.5. The number of aryl methyl sites for hydroxylation is 2. The van der Waals surface area contributed by atoms with Gasteiger partial charge in [-0.3, -0.25) is 20.2 Å². The Hall–Kier alpha value is -6.37. The number of fused-ring (bicyclic) bond motifs is 2. The van der Waals surface area contributed by atoms with Gasteiger partial charge in [-0.15, -0.1) is 0 Å². The summed E-state index contributed by atoms with van der Waals surface area (Å²) in [7, 11) is 0. The zero-order valence-corrected chi connectivity index (χ0v) is 33.9. The number of para-hydroxylation sites is 2. The number of rotatable bonds is 8. The predicted octanol–water partition coefficient (Wildman–Crippen LogP) is 8.08. The molecule has 13 nitrogen and oxygen atoms in total. The molecule has 0 aromatic heterocycles. The molecule has 2 heterocycles. The third-order valence-corrected chi connectivity index (χ3v) is 9.53. The van der Waals surface area contributed by atoms with Crippen LogP contribution < -0.4 is 31.1 Å². The summed E-state index contributed by atoms with van der Waals surface area (Å²) in [5, 5.41) is 11.3. The molecule has 4 aromatic rings. The monoisotopic (exact) mass is 788 g/mol. The summed E-state index contributed by atoms with van der Waals surface area (Å²) in [4.78, 5) is 70.7. The first-order valence-electron chi connectivity index (χ1n) is 19.5. The fourth-order valence-corrected chi connectivity index (χ4v) is 7.09. The van der Waals surface area contributed by atoms with Crippen LogP contribution in [0.25, 0.3) is 0 Å². The quantitative estimate of drug-likeness (QED) is 0.141. The highest BCUT2D eigenvalue weighted by Crippen LogP contribution is 2.31. The fourth-order valence-electron chi connectivity index (χ4n) is 7.09. The summed E-state index contributed by atoms with van der Waals surface area (Å²) in [6.07, 6.45) is 0.607. The Morgan fingerprint density at radius 3 is 1.38 bits per heavy atom. The second-order valence-electron chi connectivity index (χ2n) is 16.6. The van der Waals surface area contributed by atoms with Gasteiger partial charge in [-0.1, -0.05) is 60.7 Å². The van der Waals surface area contributed by atoms with Crippen molar-refractivity contribution in [2.75, 3.05) is 20.4 Å². The van der Waals surface area contributed by atoms with Crippen LogP contribution in [0.2, 0.25) is 0 Å². The average molecular weight is 789 g/mol. The van der Waals surface area contributed by atoms with Gasteiger partial charge in [0.2, 0.25) is 11.8 Å². The second-order valence-corrected chi connectivity index (χ2v) is 16.6. The number of hydrogen-bond donors (Lipinski definition) is 4. The summed E-state index contributed by atoms with van der Waals surface area (Å²) in [6, 6.07) is 27.3. The van der Waals surface area contributed by atoms with E-state index in [9.17, 15) is 24.0 Å². The lowest BCUT2D eigenvalue weighted by molar-refractivity contribution is -0.120. The molecule has 0 aliphatic carbocycles. The van der Waals surface area contributed by atoms with Crippen molar-refractivity contribution in [3.8, 4) is 0 Å². The average Bonchev–Trinajstić information content (AvgIpc) is 3.35. The van der Waals surface area contributed by atoms with E-state index in [1.165, 1.54) is 0 Å². The van der Waals surface area contributed by atoms with Crippen LogP contribution >= 0.6 is 0 Å². The zero-order valence-electron chi connectivity index (χ0n) is 33.9. The second kappa shape index (κ2) is 17.4. The van der Waals surface area contributed by atoms with Crippen molar-refractivity contribution >= 4 is 52.8 Å². The van der Waals surface area contributed by atoms with Gasteiger partial charge in [0.1, 0.15) is 23.3 Å². The number of ether oxygens (including phenoxy) is 2. The van der Waals surface area contributed by atoms with Crippen molar-refractivity contribution in [3.05, 3.63) is 119 Å². The van der Waals surface area contributed by atoms with Gasteiger partial charge in [0.15, 0.2) is 0 Å². The van der Waals surface area contributed by atoms with Crippen LogP contribution in [0.3, 0.4) is 0 Å². The molecule has 4 aromatic carbocycles. The lowest BCUT2D eigenvalue weighted by Crippen LogP contribution is -2.55. The highest BCUT2D eigenvalue weighted by Gasteiger charge is 2.35. The minimum atomic E-state index is -0.884. The minimum Gasteiger partial charge on any atom is -0.444 e. The van der Waals surface area contributed by atoms with Gasteiger partial charge in [0.05, 0.1) is 13.1 Å². The smallest absolute Gasteiger partial charge is 0.412 e. The van der Waals surface area contributed by atoms with Gasteiger partial charge in [0.25, 0.3) is 0 Å². The molecule has 2 aliphatic heterocycles. The number of amides is 6. The van der Waals surface area contributed by atoms with Gasteiger partial charge in [-0.2, -0.15) is 0 Å². The van der Waals surface area contributed by atoms with Gasteiger partial charge in [-0.05, 0) is 126 Å². The molecule has 2 atom stereocenters. The summed E-state index contributed by atoms with van der Waals surface area (Å²) >= 11 is 0. The molecule has 0 saturated heterocycles. The van der Waals surface area contributed by atoms with E-state index in [2.05, 4.69) is 21.3 Å². The fraction of sp³-hybridized carbons (Fsp3) is 0.356. The van der Waals surface area contributed by atoms with E-state index >= 15 is 0 Å². The van der Waals surface area contributed by atoms with Crippen LogP contribution in [0.4, 0.5) is 37.1 Å². The Morgan fingerprint density at radius 1 is 0.586 bits per heavy atom. The first-order valence-corrected chi connectivity index (χ1v) is 19.5. The number of nitrogens with zero attached hydrogens (tertiary/aromatic N) is 2. The van der Waals surface area contributed by atoms with Crippen LogP contribution in [0, 0.1) is 0 Å². The molecule has 0 radical (unpaired) electrons. The summed E-state index contributed by atoms with van der Waals surface area (Å²) in [5.74, 6) is -0.599. The number of hydrogen-bond acceptors (Lipinski definition) is 7. The molecular weight excluding hydrogens is 737 g/mol. The molecule has 6 amide bonds. The number of carbonyl (C=O) groups excluding carboxylic acids is 5. The maximum Gasteiger partial charge on any atom is 0.412 e. The highest BCUT2D eigenvalue weighted by atomic mass is 16.6. The van der Waals surface area contributed by atoms with E-state index in [0.29, 0.717) is 37.1 Å². The first kappa shape index (κ1) is 41.3. The zero-order chi connectivity index (χ0) is 41.6. The SMILES string of the molecule is CC(C)(C)OC(=O)Nc1cccc(CN2C(=O)C(NC(=O)NC3CCc4ccccc4N(Cc4cccc(NC(=O)OC(C)(C)C)c4)C3=O)CCc3ccccc32)c1. The molecule has 58 heavy (non-hydrogen) atoms. The van der Waals surface area contributed by atoms with Gasteiger partial charge in [-0.25, -0.2) is 14.4 Å². The number of benzene rings is 4. The Morgan fingerprint density at radius 2 is 0.983 bits per heavy atom. The van der Waals surface area contributed by atoms with E-state index in [1.54, 1.807) is 87.7 Å². The molecule has 304 valence electrons. The summed E-state index contributed by atoms with van der Waals surface area (Å²) in [5.41, 5.74) is 4.62. The van der Waals surface area contributed by atoms with Crippen molar-refractivity contribution in [2.45, 2.75) is 104 Å². The molecule has 2 aliphatic rings. The van der Waals surface area contributed by atoms with Crippen LogP contribution in [0.15, 0.2) is 97.1 Å². The highest BCUT2D eigenvalue weighted by molar-refractivity contribution is 6.02. The van der Waals surface area contributed by atoms with Crippen LogP contribution in [0.5, 0.6) is 0 Å². The van der Waals surface area contributed by atoms with Crippen LogP contribution in [-0.4, -0.2) is 53.3 Å². The molecule has 6 rings (SSSR count). The molecule has 2 unspecified atom stereocenters. The molecule has 0 fully saturated rings. The van der Waals surface area contributed by atoms with Crippen molar-refractivity contribution in [1.29, 1.82) is 0 Å². The van der Waals surface area contributed by atoms with Crippen molar-refractivity contribution in [1.82, 2.24) is 10.6 Å². The minimum absolute atomic E-state index is 0.183. The third-order valence-electron chi connectivity index (χ3n) is 9.53. The van der Waals surface area contributed by atoms with E-state index in [-0.39, 0.29) is 24.9 Å². The third kappa shape index (κ3) is 10.9. The van der Waals surface area contributed by atoms with E-state index < -0.39 is 41.5 Å². The lowest BCUT2D eigenvalue weighted by Gasteiger charge is -2.28. The van der Waals surface area contributed by atoms with E-state index in [4.69, 9.17) is 9.47 Å². The number of urea groups is 1. The Labute approximate surface area is 339 Å². The Bertz CT molecular complexity index is 2020. The molecule has 0 spiro atoms. The molecular formula is C45H52N6O7. The van der Waals surface area contributed by atoms with Gasteiger partial charge < -0.3 is 29.9 Å². The summed E-state index contributed by atoms with van der Waals surface area (Å²) < 4.78 is 10.8. The number of nitrogens with one attached hydrogen (secondary N) is 4. The summed E-state index contributed by atoms with van der Waals surface area (Å²) in [6.45, 7) is 11.1. The van der Waals surface area contributed by atoms with Crippen molar-refractivity contribution < 1.29 is 33.4 Å². The van der Waals surface area contributed by atoms with Crippen molar-refractivity contribution in [2.24, 2.45) is 0 Å². The van der Waals surface area contributed by atoms with E-state index in [0.717, 1.165) is 33.6 Å². The molecule has 4 N–H and O–H groups in total. The van der Waals surface area contributed by atoms with Crippen LogP contribution in [0.1, 0.15) is 76.6 Å². The molecule has 0 bridgehead atoms. The molecule has 0 saturated carbocycles. The number of carbonyl (C=O) groups is 5. The topological polar surface area (TPSA) is 158 Å². The van der Waals surface area contributed by atoms with Crippen molar-refractivity contribution in [3.63, 3.8) is 0 Å². The maximum absolute atomic E-state index is 14.3. The Kier molecular flexibility index (Phi) is 12.4. The lowest BCUT2D eigenvalue weighted by atomic mass is 10.1. The van der Waals surface area contributed by atoms with Gasteiger partial charge >= 0.3 is 18.2 Å². The Balaban J connectivity index is 1.16. The normalized spacial score (nSPS) is 16.9. The predicted molar refractivity (Wildman–Crippen MR) is 224 cm³/mol. The number of anilines is 4. The largest absolute Gasteiger partial charge is 0.444 e. The maximum atomic E-state index is 14.3. The van der Waals surface area contributed by atoms with Crippen LogP contribution in [-0.2, 0) is 45.0 Å². The molecule has 13 heteroatoms. The van der Waals surface area contributed by atoms with E-state index in [1.807, 2.05) is 60.7 Å². The van der Waals surface area contributed by atoms with Gasteiger partial charge in [0, 0.05) is 22.7 Å².